The smallest absolute Gasteiger partial charge is 0.115 e. The fourth-order valence-electron chi connectivity index (χ4n) is 1.13. The van der Waals surface area contributed by atoms with Crippen LogP contribution in [0.3, 0.4) is 0 Å². The van der Waals surface area contributed by atoms with Crippen LogP contribution in [0.4, 0.5) is 0 Å². The van der Waals surface area contributed by atoms with Crippen LogP contribution in [0.1, 0.15) is 25.3 Å². The Bertz CT molecular complexity index is 240. The van der Waals surface area contributed by atoms with E-state index in [1.807, 2.05) is 6.92 Å². The first-order valence-electron chi connectivity index (χ1n) is 4.95. The van der Waals surface area contributed by atoms with Gasteiger partial charge in [-0.15, -0.1) is 0 Å². The van der Waals surface area contributed by atoms with Gasteiger partial charge in [-0.1, -0.05) is 6.92 Å². The zero-order valence-corrected chi connectivity index (χ0v) is 8.48. The standard InChI is InChI=1S/C10H17N3O/c1-2-10(14)3-4-11-5-9-6-12-8-13-7-9/h6-8,10-11,14H,2-5H2,1H3. The number of nitrogens with one attached hydrogen (secondary N) is 1. The Morgan fingerprint density at radius 3 is 2.79 bits per heavy atom. The van der Waals surface area contributed by atoms with Gasteiger partial charge in [-0.3, -0.25) is 0 Å². The van der Waals surface area contributed by atoms with Crippen molar-refractivity contribution < 1.29 is 5.11 Å². The van der Waals surface area contributed by atoms with E-state index in [1.54, 1.807) is 12.4 Å². The Morgan fingerprint density at radius 1 is 1.43 bits per heavy atom. The minimum Gasteiger partial charge on any atom is -0.393 e. The fraction of sp³-hybridized carbons (Fsp3) is 0.600. The SMILES string of the molecule is CCC(O)CCNCc1cncnc1. The van der Waals surface area contributed by atoms with Crippen molar-refractivity contribution >= 4 is 0 Å². The van der Waals surface area contributed by atoms with Gasteiger partial charge in [0.2, 0.25) is 0 Å². The van der Waals surface area contributed by atoms with Gasteiger partial charge in [0.15, 0.2) is 0 Å². The minimum absolute atomic E-state index is 0.186. The lowest BCUT2D eigenvalue weighted by molar-refractivity contribution is 0.159. The van der Waals surface area contributed by atoms with Crippen molar-refractivity contribution in [1.29, 1.82) is 0 Å². The summed E-state index contributed by atoms with van der Waals surface area (Å²) in [7, 11) is 0. The van der Waals surface area contributed by atoms with E-state index in [4.69, 9.17) is 0 Å². The molecule has 4 nitrogen and oxygen atoms in total. The first-order chi connectivity index (χ1) is 6.83. The summed E-state index contributed by atoms with van der Waals surface area (Å²) in [6.45, 7) is 3.57. The molecule has 0 saturated heterocycles. The number of hydrogen-bond acceptors (Lipinski definition) is 4. The second-order valence-corrected chi connectivity index (χ2v) is 3.27. The maximum Gasteiger partial charge on any atom is 0.115 e. The van der Waals surface area contributed by atoms with Crippen molar-refractivity contribution in [3.63, 3.8) is 0 Å². The summed E-state index contributed by atoms with van der Waals surface area (Å²) in [5, 5.41) is 12.5. The molecule has 1 unspecified atom stereocenters. The van der Waals surface area contributed by atoms with Gasteiger partial charge in [0.1, 0.15) is 6.33 Å². The summed E-state index contributed by atoms with van der Waals surface area (Å²) < 4.78 is 0. The fourth-order valence-corrected chi connectivity index (χ4v) is 1.13. The number of hydrogen-bond donors (Lipinski definition) is 2. The molecule has 0 spiro atoms. The maximum atomic E-state index is 9.29. The average molecular weight is 195 g/mol. The minimum atomic E-state index is -0.186. The summed E-state index contributed by atoms with van der Waals surface area (Å²) in [5.41, 5.74) is 1.07. The summed E-state index contributed by atoms with van der Waals surface area (Å²) in [5.74, 6) is 0. The van der Waals surface area contributed by atoms with Crippen molar-refractivity contribution in [2.45, 2.75) is 32.4 Å². The van der Waals surface area contributed by atoms with Crippen LogP contribution in [0.5, 0.6) is 0 Å². The molecule has 1 rings (SSSR count). The first kappa shape index (κ1) is 11.1. The molecular formula is C10H17N3O. The van der Waals surface area contributed by atoms with Crippen molar-refractivity contribution in [3.8, 4) is 0 Å². The molecule has 0 saturated carbocycles. The van der Waals surface area contributed by atoms with Gasteiger partial charge in [0, 0.05) is 24.5 Å². The van der Waals surface area contributed by atoms with Gasteiger partial charge in [-0.2, -0.15) is 0 Å². The van der Waals surface area contributed by atoms with Gasteiger partial charge in [0.25, 0.3) is 0 Å². The van der Waals surface area contributed by atoms with Crippen LogP contribution >= 0.6 is 0 Å². The second kappa shape index (κ2) is 6.45. The molecule has 0 aliphatic carbocycles. The molecule has 0 bridgehead atoms. The van der Waals surface area contributed by atoms with Crippen LogP contribution in [0, 0.1) is 0 Å². The van der Waals surface area contributed by atoms with Crippen molar-refractivity contribution in [1.82, 2.24) is 15.3 Å². The predicted molar refractivity (Wildman–Crippen MR) is 54.7 cm³/mol. The van der Waals surface area contributed by atoms with E-state index < -0.39 is 0 Å². The number of aliphatic hydroxyl groups is 1. The van der Waals surface area contributed by atoms with Gasteiger partial charge < -0.3 is 10.4 Å². The predicted octanol–water partition coefficient (Wildman–Crippen LogP) is 0.727. The molecule has 78 valence electrons. The highest BCUT2D eigenvalue weighted by molar-refractivity contribution is 5.01. The third-order valence-corrected chi connectivity index (χ3v) is 2.07. The highest BCUT2D eigenvalue weighted by atomic mass is 16.3. The molecule has 0 fully saturated rings. The summed E-state index contributed by atoms with van der Waals surface area (Å²) in [6.07, 6.45) is 6.52. The van der Waals surface area contributed by atoms with E-state index in [0.717, 1.165) is 31.5 Å². The molecule has 1 aromatic heterocycles. The molecule has 1 aromatic rings. The monoisotopic (exact) mass is 195 g/mol. The Kier molecular flexibility index (Phi) is 5.11. The molecule has 0 aromatic carbocycles. The van der Waals surface area contributed by atoms with Crippen LogP contribution in [0.25, 0.3) is 0 Å². The molecule has 4 heteroatoms. The number of aliphatic hydroxyl groups excluding tert-OH is 1. The van der Waals surface area contributed by atoms with Crippen LogP contribution < -0.4 is 5.32 Å². The topological polar surface area (TPSA) is 58.0 Å². The third kappa shape index (κ3) is 4.30. The average Bonchev–Trinajstić information content (AvgIpc) is 2.25. The largest absolute Gasteiger partial charge is 0.393 e. The van der Waals surface area contributed by atoms with Gasteiger partial charge in [-0.25, -0.2) is 9.97 Å². The molecule has 0 radical (unpaired) electrons. The lowest BCUT2D eigenvalue weighted by Crippen LogP contribution is -2.19. The van der Waals surface area contributed by atoms with Gasteiger partial charge >= 0.3 is 0 Å². The number of aromatic nitrogens is 2. The molecular weight excluding hydrogens is 178 g/mol. The number of nitrogens with zero attached hydrogens (tertiary/aromatic N) is 2. The van der Waals surface area contributed by atoms with Crippen molar-refractivity contribution in [2.24, 2.45) is 0 Å². The first-order valence-corrected chi connectivity index (χ1v) is 4.95. The maximum absolute atomic E-state index is 9.29. The van der Waals surface area contributed by atoms with Crippen LogP contribution in [-0.4, -0.2) is 27.7 Å². The normalized spacial score (nSPS) is 12.7. The molecule has 1 heterocycles. The zero-order chi connectivity index (χ0) is 10.2. The van der Waals surface area contributed by atoms with E-state index in [0.29, 0.717) is 0 Å². The summed E-state index contributed by atoms with van der Waals surface area (Å²) >= 11 is 0. The molecule has 0 aliphatic heterocycles. The molecule has 0 aliphatic rings. The van der Waals surface area contributed by atoms with Crippen molar-refractivity contribution in [3.05, 3.63) is 24.3 Å². The highest BCUT2D eigenvalue weighted by Gasteiger charge is 1.99. The number of rotatable bonds is 6. The Hall–Kier alpha value is -1.00. The lowest BCUT2D eigenvalue weighted by Gasteiger charge is -2.08. The second-order valence-electron chi connectivity index (χ2n) is 3.27. The Labute approximate surface area is 84.4 Å². The quantitative estimate of drug-likeness (QED) is 0.657. The molecule has 2 N–H and O–H groups in total. The third-order valence-electron chi connectivity index (χ3n) is 2.07. The Morgan fingerprint density at radius 2 is 2.14 bits per heavy atom. The molecule has 0 amide bonds. The summed E-state index contributed by atoms with van der Waals surface area (Å²) in [4.78, 5) is 7.83. The van der Waals surface area contributed by atoms with Gasteiger partial charge in [-0.05, 0) is 19.4 Å². The van der Waals surface area contributed by atoms with E-state index in [-0.39, 0.29) is 6.10 Å². The zero-order valence-electron chi connectivity index (χ0n) is 8.48. The van der Waals surface area contributed by atoms with Crippen LogP contribution in [0.2, 0.25) is 0 Å². The van der Waals surface area contributed by atoms with E-state index in [9.17, 15) is 5.11 Å². The van der Waals surface area contributed by atoms with E-state index in [2.05, 4.69) is 15.3 Å². The lowest BCUT2D eigenvalue weighted by atomic mass is 10.2. The van der Waals surface area contributed by atoms with E-state index >= 15 is 0 Å². The van der Waals surface area contributed by atoms with Crippen molar-refractivity contribution in [2.75, 3.05) is 6.54 Å². The van der Waals surface area contributed by atoms with E-state index in [1.165, 1.54) is 6.33 Å². The molecule has 14 heavy (non-hydrogen) atoms. The summed E-state index contributed by atoms with van der Waals surface area (Å²) in [6, 6.07) is 0. The molecule has 1 atom stereocenters. The Balaban J connectivity index is 2.10. The van der Waals surface area contributed by atoms with Crippen LogP contribution in [0.15, 0.2) is 18.7 Å². The van der Waals surface area contributed by atoms with Crippen LogP contribution in [-0.2, 0) is 6.54 Å². The van der Waals surface area contributed by atoms with Gasteiger partial charge in [0.05, 0.1) is 6.10 Å². The highest BCUT2D eigenvalue weighted by Crippen LogP contribution is 1.96.